The van der Waals surface area contributed by atoms with Crippen LogP contribution in [0.1, 0.15) is 38.2 Å². The first-order chi connectivity index (χ1) is 9.47. The van der Waals surface area contributed by atoms with Crippen LogP contribution < -0.4 is 5.73 Å². The fourth-order valence-corrected chi connectivity index (χ4v) is 4.79. The zero-order chi connectivity index (χ0) is 14.4. The molecule has 2 bridgehead atoms. The number of hydrogen-bond donors (Lipinski definition) is 2. The van der Waals surface area contributed by atoms with E-state index in [9.17, 15) is 9.50 Å². The summed E-state index contributed by atoms with van der Waals surface area (Å²) in [6.45, 7) is 2.42. The minimum atomic E-state index is -0.866. The number of aliphatic hydroxyl groups is 1. The Hall–Kier alpha value is -0.930. The summed E-state index contributed by atoms with van der Waals surface area (Å²) in [7, 11) is 0. The number of rotatable bonds is 4. The minimum absolute atomic E-state index is 0.192. The van der Waals surface area contributed by atoms with Crippen LogP contribution in [0, 0.1) is 23.1 Å². The molecule has 0 radical (unpaired) electrons. The van der Waals surface area contributed by atoms with Crippen LogP contribution in [0.5, 0.6) is 0 Å². The van der Waals surface area contributed by atoms with Crippen LogP contribution in [-0.2, 0) is 6.42 Å². The molecule has 110 valence electrons. The molecule has 2 nitrogen and oxygen atoms in total. The smallest absolute Gasteiger partial charge is 0.123 e. The molecule has 0 heterocycles. The Morgan fingerprint density at radius 2 is 2.25 bits per heavy atom. The van der Waals surface area contributed by atoms with E-state index in [1.807, 2.05) is 13.0 Å². The molecule has 0 aromatic heterocycles. The third-order valence-electron chi connectivity index (χ3n) is 5.85. The second-order valence-corrected chi connectivity index (χ2v) is 7.02. The van der Waals surface area contributed by atoms with E-state index in [0.29, 0.717) is 18.9 Å². The Balaban J connectivity index is 1.87. The lowest BCUT2D eigenvalue weighted by Gasteiger charge is -2.48. The quantitative estimate of drug-likeness (QED) is 0.889. The van der Waals surface area contributed by atoms with Gasteiger partial charge in [0.25, 0.3) is 0 Å². The predicted octanol–water partition coefficient (Wildman–Crippen LogP) is 2.88. The fraction of sp³-hybridized carbons (Fsp3) is 0.647. The molecule has 1 aromatic rings. The van der Waals surface area contributed by atoms with E-state index in [2.05, 4.69) is 0 Å². The van der Waals surface area contributed by atoms with Gasteiger partial charge in [0.1, 0.15) is 5.82 Å². The maximum Gasteiger partial charge on any atom is 0.123 e. The monoisotopic (exact) mass is 277 g/mol. The highest BCUT2D eigenvalue weighted by Crippen LogP contribution is 2.60. The first-order valence-corrected chi connectivity index (χ1v) is 7.64. The maximum atomic E-state index is 13.3. The van der Waals surface area contributed by atoms with Crippen LogP contribution in [0.15, 0.2) is 24.3 Å². The Bertz CT molecular complexity index is 502. The summed E-state index contributed by atoms with van der Waals surface area (Å²) in [4.78, 5) is 0. The topological polar surface area (TPSA) is 46.2 Å². The van der Waals surface area contributed by atoms with Crippen LogP contribution in [0.4, 0.5) is 4.39 Å². The molecule has 2 saturated carbocycles. The van der Waals surface area contributed by atoms with Crippen molar-refractivity contribution in [3.05, 3.63) is 35.6 Å². The Kier molecular flexibility index (Phi) is 3.38. The van der Waals surface area contributed by atoms with E-state index in [1.54, 1.807) is 6.07 Å². The second kappa shape index (κ2) is 4.81. The van der Waals surface area contributed by atoms with Crippen LogP contribution in [-0.4, -0.2) is 17.3 Å². The summed E-state index contributed by atoms with van der Waals surface area (Å²) in [5.41, 5.74) is 5.89. The van der Waals surface area contributed by atoms with Crippen molar-refractivity contribution < 1.29 is 9.50 Å². The maximum absolute atomic E-state index is 13.3. The molecule has 0 saturated heterocycles. The molecular weight excluding hydrogens is 253 g/mol. The third-order valence-corrected chi connectivity index (χ3v) is 5.85. The lowest BCUT2D eigenvalue weighted by Crippen LogP contribution is -2.55. The zero-order valence-corrected chi connectivity index (χ0v) is 12.1. The van der Waals surface area contributed by atoms with Crippen LogP contribution >= 0.6 is 0 Å². The van der Waals surface area contributed by atoms with Gasteiger partial charge in [0.2, 0.25) is 0 Å². The molecule has 2 fully saturated rings. The summed E-state index contributed by atoms with van der Waals surface area (Å²) < 4.78 is 13.3. The highest BCUT2D eigenvalue weighted by molar-refractivity contribution is 5.21. The van der Waals surface area contributed by atoms with Crippen molar-refractivity contribution >= 4 is 0 Å². The molecule has 1 aromatic carbocycles. The fourth-order valence-electron chi connectivity index (χ4n) is 4.79. The third kappa shape index (κ3) is 2.08. The molecule has 3 N–H and O–H groups in total. The molecule has 2 aliphatic rings. The number of nitrogens with two attached hydrogens (primary N) is 1. The molecule has 4 unspecified atom stereocenters. The standard InChI is InChI=1S/C17H24FNO/c1-16(20,9-12-3-2-4-15(18)8-12)17(11-19)10-13-5-6-14(17)7-13/h2-4,8,13-14,20H,5-7,9-11,19H2,1H3. The molecule has 0 spiro atoms. The van der Waals surface area contributed by atoms with Gasteiger partial charge in [-0.2, -0.15) is 0 Å². The van der Waals surface area contributed by atoms with Gasteiger partial charge in [-0.25, -0.2) is 4.39 Å². The normalized spacial score (nSPS) is 35.2. The molecule has 0 aliphatic heterocycles. The highest BCUT2D eigenvalue weighted by atomic mass is 19.1. The molecule has 4 atom stereocenters. The average Bonchev–Trinajstić information content (AvgIpc) is 2.98. The van der Waals surface area contributed by atoms with Gasteiger partial charge in [-0.15, -0.1) is 0 Å². The van der Waals surface area contributed by atoms with Gasteiger partial charge in [-0.3, -0.25) is 0 Å². The Labute approximate surface area is 120 Å². The van der Waals surface area contributed by atoms with Crippen molar-refractivity contribution in [2.45, 2.75) is 44.6 Å². The van der Waals surface area contributed by atoms with Gasteiger partial charge < -0.3 is 10.8 Å². The lowest BCUT2D eigenvalue weighted by atomic mass is 9.61. The highest BCUT2D eigenvalue weighted by Gasteiger charge is 2.58. The second-order valence-electron chi connectivity index (χ2n) is 7.02. The Morgan fingerprint density at radius 3 is 2.80 bits per heavy atom. The van der Waals surface area contributed by atoms with E-state index in [0.717, 1.165) is 17.9 Å². The minimum Gasteiger partial charge on any atom is -0.389 e. The molecule has 2 aliphatic carbocycles. The van der Waals surface area contributed by atoms with E-state index in [1.165, 1.54) is 31.4 Å². The molecule has 20 heavy (non-hydrogen) atoms. The van der Waals surface area contributed by atoms with Crippen LogP contribution in [0.25, 0.3) is 0 Å². The number of hydrogen-bond acceptors (Lipinski definition) is 2. The van der Waals surface area contributed by atoms with E-state index >= 15 is 0 Å². The largest absolute Gasteiger partial charge is 0.389 e. The summed E-state index contributed by atoms with van der Waals surface area (Å²) >= 11 is 0. The van der Waals surface area contributed by atoms with Crippen molar-refractivity contribution in [2.75, 3.05) is 6.54 Å². The van der Waals surface area contributed by atoms with E-state index < -0.39 is 5.60 Å². The summed E-state index contributed by atoms with van der Waals surface area (Å²) in [6.07, 6.45) is 5.17. The first-order valence-electron chi connectivity index (χ1n) is 7.64. The van der Waals surface area contributed by atoms with Gasteiger partial charge in [-0.1, -0.05) is 18.6 Å². The van der Waals surface area contributed by atoms with Crippen molar-refractivity contribution in [3.63, 3.8) is 0 Å². The summed E-state index contributed by atoms with van der Waals surface area (Å²) in [5, 5.41) is 11.1. The molecule has 3 heteroatoms. The van der Waals surface area contributed by atoms with Crippen molar-refractivity contribution in [1.82, 2.24) is 0 Å². The lowest BCUT2D eigenvalue weighted by molar-refractivity contribution is -0.0956. The molecule has 0 amide bonds. The van der Waals surface area contributed by atoms with Gasteiger partial charge in [0.15, 0.2) is 0 Å². The number of benzene rings is 1. The van der Waals surface area contributed by atoms with Gasteiger partial charge in [0, 0.05) is 18.4 Å². The van der Waals surface area contributed by atoms with E-state index in [-0.39, 0.29) is 11.2 Å². The summed E-state index contributed by atoms with van der Waals surface area (Å²) in [6, 6.07) is 6.55. The van der Waals surface area contributed by atoms with Gasteiger partial charge in [-0.05, 0) is 55.7 Å². The van der Waals surface area contributed by atoms with Crippen LogP contribution in [0.2, 0.25) is 0 Å². The zero-order valence-electron chi connectivity index (χ0n) is 12.1. The molecular formula is C17H24FNO. The predicted molar refractivity (Wildman–Crippen MR) is 77.7 cm³/mol. The van der Waals surface area contributed by atoms with Gasteiger partial charge in [0.05, 0.1) is 5.60 Å². The van der Waals surface area contributed by atoms with Crippen LogP contribution in [0.3, 0.4) is 0 Å². The van der Waals surface area contributed by atoms with Gasteiger partial charge >= 0.3 is 0 Å². The number of fused-ring (bicyclic) bond motifs is 2. The van der Waals surface area contributed by atoms with Crippen molar-refractivity contribution in [3.8, 4) is 0 Å². The number of halogens is 1. The van der Waals surface area contributed by atoms with Crippen molar-refractivity contribution in [2.24, 2.45) is 23.0 Å². The Morgan fingerprint density at radius 1 is 1.45 bits per heavy atom. The van der Waals surface area contributed by atoms with Crippen molar-refractivity contribution in [1.29, 1.82) is 0 Å². The average molecular weight is 277 g/mol. The first kappa shape index (κ1) is 14.0. The SMILES string of the molecule is CC(O)(Cc1cccc(F)c1)C1(CN)CC2CCC1C2. The summed E-state index contributed by atoms with van der Waals surface area (Å²) in [5.74, 6) is 1.01. The molecule has 3 rings (SSSR count). The van der Waals surface area contributed by atoms with E-state index in [4.69, 9.17) is 5.73 Å².